The normalized spacial score (nSPS) is 12.3. The zero-order valence-corrected chi connectivity index (χ0v) is 11.9. The molecule has 0 fully saturated rings. The van der Waals surface area contributed by atoms with E-state index in [1.807, 2.05) is 0 Å². The highest BCUT2D eigenvalue weighted by Crippen LogP contribution is 2.23. The molecule has 108 valence electrons. The summed E-state index contributed by atoms with van der Waals surface area (Å²) in [5.41, 5.74) is 0.656. The van der Waals surface area contributed by atoms with E-state index in [9.17, 15) is 9.59 Å². The number of benzene rings is 1. The predicted molar refractivity (Wildman–Crippen MR) is 76.8 cm³/mol. The number of hydrogen-bond acceptors (Lipinski definition) is 3. The van der Waals surface area contributed by atoms with Crippen LogP contribution in [-0.4, -0.2) is 34.7 Å². The van der Waals surface area contributed by atoms with E-state index in [1.54, 1.807) is 18.2 Å². The molecule has 20 heavy (non-hydrogen) atoms. The number of hydrogen-bond donors (Lipinski definition) is 3. The van der Waals surface area contributed by atoms with Crippen molar-refractivity contribution in [2.75, 3.05) is 6.61 Å². The number of carbonyl (C=O) groups is 2. The van der Waals surface area contributed by atoms with Crippen molar-refractivity contribution in [2.45, 2.75) is 12.5 Å². The lowest BCUT2D eigenvalue weighted by Gasteiger charge is -2.11. The number of aliphatic hydroxyl groups is 1. The van der Waals surface area contributed by atoms with Crippen molar-refractivity contribution in [2.24, 2.45) is 0 Å². The first kappa shape index (κ1) is 16.5. The van der Waals surface area contributed by atoms with Crippen LogP contribution in [-0.2, 0) is 9.59 Å². The fraction of sp³-hybridized carbons (Fsp3) is 0.231. The lowest BCUT2D eigenvalue weighted by molar-refractivity contribution is -0.141. The van der Waals surface area contributed by atoms with E-state index in [4.69, 9.17) is 33.4 Å². The molecule has 7 heteroatoms. The van der Waals surface area contributed by atoms with Gasteiger partial charge < -0.3 is 15.5 Å². The SMILES string of the molecule is O=C(/C=C/c1ccc(Cl)c(Cl)c1)N[C@@H](CCO)C(=O)O. The minimum absolute atomic E-state index is 0.0539. The van der Waals surface area contributed by atoms with Gasteiger partial charge in [0, 0.05) is 19.1 Å². The van der Waals surface area contributed by atoms with Gasteiger partial charge in [0.25, 0.3) is 0 Å². The molecule has 0 aliphatic carbocycles. The van der Waals surface area contributed by atoms with Crippen molar-refractivity contribution in [3.8, 4) is 0 Å². The Kier molecular flexibility index (Phi) is 6.51. The van der Waals surface area contributed by atoms with Crippen molar-refractivity contribution in [1.29, 1.82) is 0 Å². The molecular weight excluding hydrogens is 305 g/mol. The van der Waals surface area contributed by atoms with Crippen LogP contribution >= 0.6 is 23.2 Å². The van der Waals surface area contributed by atoms with Gasteiger partial charge in [-0.15, -0.1) is 0 Å². The molecule has 5 nitrogen and oxygen atoms in total. The van der Waals surface area contributed by atoms with E-state index in [0.717, 1.165) is 0 Å². The molecule has 0 unspecified atom stereocenters. The molecule has 1 amide bonds. The first-order valence-corrected chi connectivity index (χ1v) is 6.47. The average molecular weight is 318 g/mol. The minimum Gasteiger partial charge on any atom is -0.480 e. The molecule has 3 N–H and O–H groups in total. The van der Waals surface area contributed by atoms with Crippen LogP contribution < -0.4 is 5.32 Å². The van der Waals surface area contributed by atoms with Gasteiger partial charge in [0.05, 0.1) is 10.0 Å². The summed E-state index contributed by atoms with van der Waals surface area (Å²) in [7, 11) is 0. The van der Waals surface area contributed by atoms with Crippen molar-refractivity contribution in [3.63, 3.8) is 0 Å². The second-order valence-corrected chi connectivity index (χ2v) is 4.73. The van der Waals surface area contributed by atoms with Crippen LogP contribution in [0.25, 0.3) is 6.08 Å². The Morgan fingerprint density at radius 1 is 1.30 bits per heavy atom. The fourth-order valence-corrected chi connectivity index (χ4v) is 1.70. The van der Waals surface area contributed by atoms with E-state index >= 15 is 0 Å². The Morgan fingerprint density at radius 3 is 2.55 bits per heavy atom. The molecule has 0 saturated heterocycles. The third-order valence-corrected chi connectivity index (χ3v) is 3.14. The van der Waals surface area contributed by atoms with Crippen molar-refractivity contribution in [3.05, 3.63) is 39.9 Å². The van der Waals surface area contributed by atoms with Gasteiger partial charge in [-0.2, -0.15) is 0 Å². The number of amides is 1. The van der Waals surface area contributed by atoms with Crippen LogP contribution in [0, 0.1) is 0 Å². The van der Waals surface area contributed by atoms with E-state index in [1.165, 1.54) is 12.2 Å². The molecule has 0 aliphatic heterocycles. The number of halogens is 2. The van der Waals surface area contributed by atoms with Crippen LogP contribution in [0.1, 0.15) is 12.0 Å². The van der Waals surface area contributed by atoms with E-state index in [-0.39, 0.29) is 13.0 Å². The van der Waals surface area contributed by atoms with Crippen molar-refractivity contribution < 1.29 is 19.8 Å². The molecular formula is C13H13Cl2NO4. The summed E-state index contributed by atoms with van der Waals surface area (Å²) in [4.78, 5) is 22.4. The third kappa shape index (κ3) is 5.21. The molecule has 0 bridgehead atoms. The van der Waals surface area contributed by atoms with Gasteiger partial charge in [0.2, 0.25) is 5.91 Å². The second-order valence-electron chi connectivity index (χ2n) is 3.92. The van der Waals surface area contributed by atoms with E-state index < -0.39 is 17.9 Å². The summed E-state index contributed by atoms with van der Waals surface area (Å²) >= 11 is 11.6. The van der Waals surface area contributed by atoms with Gasteiger partial charge in [0.1, 0.15) is 6.04 Å². The Bertz CT molecular complexity index is 531. The number of aliphatic carboxylic acids is 1. The second kappa shape index (κ2) is 7.89. The molecule has 0 saturated carbocycles. The first-order chi connectivity index (χ1) is 9.43. The quantitative estimate of drug-likeness (QED) is 0.700. The van der Waals surface area contributed by atoms with Gasteiger partial charge in [-0.25, -0.2) is 4.79 Å². The summed E-state index contributed by atoms with van der Waals surface area (Å²) in [5.74, 6) is -1.77. The maximum absolute atomic E-state index is 11.6. The Morgan fingerprint density at radius 2 is 2.00 bits per heavy atom. The molecule has 0 radical (unpaired) electrons. The van der Waals surface area contributed by atoms with E-state index in [0.29, 0.717) is 15.6 Å². The summed E-state index contributed by atoms with van der Waals surface area (Å²) in [6.45, 7) is -0.326. The van der Waals surface area contributed by atoms with Gasteiger partial charge in [-0.3, -0.25) is 4.79 Å². The zero-order valence-electron chi connectivity index (χ0n) is 10.3. The highest BCUT2D eigenvalue weighted by atomic mass is 35.5. The molecule has 1 rings (SSSR count). The zero-order chi connectivity index (χ0) is 15.1. The maximum atomic E-state index is 11.6. The summed E-state index contributed by atoms with van der Waals surface area (Å²) in [5, 5.41) is 20.6. The molecule has 1 aromatic rings. The van der Waals surface area contributed by atoms with Gasteiger partial charge in [-0.1, -0.05) is 29.3 Å². The smallest absolute Gasteiger partial charge is 0.326 e. The van der Waals surface area contributed by atoms with Crippen LogP contribution in [0.3, 0.4) is 0 Å². The lowest BCUT2D eigenvalue weighted by atomic mass is 10.2. The first-order valence-electron chi connectivity index (χ1n) is 5.71. The van der Waals surface area contributed by atoms with Crippen LogP contribution in [0.2, 0.25) is 10.0 Å². The number of carboxylic acids is 1. The molecule has 0 aliphatic rings. The Hall–Kier alpha value is -1.56. The maximum Gasteiger partial charge on any atom is 0.326 e. The minimum atomic E-state index is -1.20. The van der Waals surface area contributed by atoms with Gasteiger partial charge >= 0.3 is 5.97 Å². The van der Waals surface area contributed by atoms with Crippen molar-refractivity contribution >= 4 is 41.2 Å². The standard InChI is InChI=1S/C13H13Cl2NO4/c14-9-3-1-8(7-10(9)15)2-4-12(18)16-11(5-6-17)13(19)20/h1-4,7,11,17H,5-6H2,(H,16,18)(H,19,20)/b4-2+/t11-/m0/s1. The van der Waals surface area contributed by atoms with Gasteiger partial charge in [-0.05, 0) is 23.8 Å². The summed E-state index contributed by atoms with van der Waals surface area (Å²) in [6, 6.07) is 3.72. The molecule has 1 atom stereocenters. The Balaban J connectivity index is 2.67. The van der Waals surface area contributed by atoms with Crippen molar-refractivity contribution in [1.82, 2.24) is 5.32 Å². The van der Waals surface area contributed by atoms with E-state index in [2.05, 4.69) is 5.32 Å². The van der Waals surface area contributed by atoms with Gasteiger partial charge in [0.15, 0.2) is 0 Å². The molecule has 1 aromatic carbocycles. The number of carboxylic acid groups (broad SMARTS) is 1. The predicted octanol–water partition coefficient (Wildman–Crippen LogP) is 1.96. The number of aliphatic hydroxyl groups excluding tert-OH is 1. The van der Waals surface area contributed by atoms with Crippen LogP contribution in [0.5, 0.6) is 0 Å². The third-order valence-electron chi connectivity index (χ3n) is 2.40. The highest BCUT2D eigenvalue weighted by Gasteiger charge is 2.17. The highest BCUT2D eigenvalue weighted by molar-refractivity contribution is 6.42. The lowest BCUT2D eigenvalue weighted by Crippen LogP contribution is -2.40. The summed E-state index contributed by atoms with van der Waals surface area (Å²) in [6.07, 6.45) is 2.62. The Labute approximate surface area is 125 Å². The number of rotatable bonds is 6. The fourth-order valence-electron chi connectivity index (χ4n) is 1.39. The average Bonchev–Trinajstić information content (AvgIpc) is 2.39. The molecule has 0 spiro atoms. The number of nitrogens with one attached hydrogen (secondary N) is 1. The van der Waals surface area contributed by atoms with Crippen LogP contribution in [0.15, 0.2) is 24.3 Å². The topological polar surface area (TPSA) is 86.6 Å². The largest absolute Gasteiger partial charge is 0.480 e. The summed E-state index contributed by atoms with van der Waals surface area (Å²) < 4.78 is 0. The number of carbonyl (C=O) groups excluding carboxylic acids is 1. The molecule has 0 heterocycles. The molecule has 0 aromatic heterocycles. The van der Waals surface area contributed by atoms with Crippen LogP contribution in [0.4, 0.5) is 0 Å². The monoisotopic (exact) mass is 317 g/mol.